The van der Waals surface area contributed by atoms with Crippen LogP contribution in [0.1, 0.15) is 40.7 Å². The van der Waals surface area contributed by atoms with Crippen LogP contribution in [0.5, 0.6) is 0 Å². The van der Waals surface area contributed by atoms with Crippen molar-refractivity contribution in [3.05, 3.63) is 102 Å². The van der Waals surface area contributed by atoms with Gasteiger partial charge in [-0.25, -0.2) is 8.42 Å². The van der Waals surface area contributed by atoms with E-state index in [0.29, 0.717) is 12.1 Å². The molecule has 0 radical (unpaired) electrons. The Balaban J connectivity index is 1.40. The zero-order valence-corrected chi connectivity index (χ0v) is 19.5. The van der Waals surface area contributed by atoms with Gasteiger partial charge in [0.15, 0.2) is 9.84 Å². The third-order valence-corrected chi connectivity index (χ3v) is 7.82. The van der Waals surface area contributed by atoms with E-state index >= 15 is 0 Å². The molecule has 1 atom stereocenters. The molecule has 1 aliphatic rings. The van der Waals surface area contributed by atoms with Crippen LogP contribution in [-0.2, 0) is 22.1 Å². The minimum atomic E-state index is -3.54. The van der Waals surface area contributed by atoms with E-state index in [1.54, 1.807) is 30.3 Å². The maximum Gasteiger partial charge on any atom is 0.251 e. The van der Waals surface area contributed by atoms with Crippen LogP contribution in [0, 0.1) is 0 Å². The van der Waals surface area contributed by atoms with E-state index in [4.69, 9.17) is 0 Å². The molecular weight excluding hydrogens is 432 g/mol. The van der Waals surface area contributed by atoms with Gasteiger partial charge in [0.1, 0.15) is 0 Å². The highest BCUT2D eigenvalue weighted by atomic mass is 32.2. The Morgan fingerprint density at radius 1 is 0.879 bits per heavy atom. The van der Waals surface area contributed by atoms with E-state index in [2.05, 4.69) is 34.5 Å². The first-order valence-electron chi connectivity index (χ1n) is 11.4. The molecule has 0 aliphatic carbocycles. The number of sulfone groups is 1. The summed E-state index contributed by atoms with van der Waals surface area (Å²) in [5.74, 6) is -0.327. The first kappa shape index (κ1) is 23.2. The summed E-state index contributed by atoms with van der Waals surface area (Å²) in [6, 6.07) is 26.1. The molecule has 1 aliphatic heterocycles. The van der Waals surface area contributed by atoms with E-state index in [0.717, 1.165) is 31.5 Å². The SMILES string of the molecule is O=C(NCC1CCCCN1Cc1ccccc1)c1cccc(S(=O)(=O)Cc2ccccc2)c1. The normalized spacial score (nSPS) is 16.9. The summed E-state index contributed by atoms with van der Waals surface area (Å²) in [4.78, 5) is 15.5. The van der Waals surface area contributed by atoms with Crippen LogP contribution in [0.3, 0.4) is 0 Å². The van der Waals surface area contributed by atoms with Gasteiger partial charge >= 0.3 is 0 Å². The highest BCUT2D eigenvalue weighted by Gasteiger charge is 2.23. The predicted octanol–water partition coefficient (Wildman–Crippen LogP) is 4.45. The topological polar surface area (TPSA) is 66.5 Å². The van der Waals surface area contributed by atoms with Gasteiger partial charge in [-0.05, 0) is 48.7 Å². The van der Waals surface area contributed by atoms with E-state index in [9.17, 15) is 13.2 Å². The average molecular weight is 463 g/mol. The molecule has 1 fully saturated rings. The zero-order valence-electron chi connectivity index (χ0n) is 18.7. The Hall–Kier alpha value is -2.96. The number of amides is 1. The maximum atomic E-state index is 12.9. The quantitative estimate of drug-likeness (QED) is 0.537. The third kappa shape index (κ3) is 6.30. The number of benzene rings is 3. The van der Waals surface area contributed by atoms with Gasteiger partial charge < -0.3 is 5.32 Å². The summed E-state index contributed by atoms with van der Waals surface area (Å²) in [6.07, 6.45) is 3.36. The standard InChI is InChI=1S/C27H30N2O3S/c30-27(28-19-25-15-7-8-17-29(25)20-22-10-3-1-4-11-22)24-14-9-16-26(18-24)33(31,32)21-23-12-5-2-6-13-23/h1-6,9-14,16,18,25H,7-8,15,17,19-21H2,(H,28,30). The Labute approximate surface area is 196 Å². The molecule has 3 aromatic carbocycles. The van der Waals surface area contributed by atoms with Gasteiger partial charge in [0, 0.05) is 24.7 Å². The molecule has 0 bridgehead atoms. The minimum absolute atomic E-state index is 0.0879. The van der Waals surface area contributed by atoms with Crippen molar-refractivity contribution in [1.82, 2.24) is 10.2 Å². The number of carbonyl (C=O) groups is 1. The number of likely N-dealkylation sites (tertiary alicyclic amines) is 1. The van der Waals surface area contributed by atoms with Crippen molar-refractivity contribution in [2.24, 2.45) is 0 Å². The van der Waals surface area contributed by atoms with Crippen molar-refractivity contribution in [3.63, 3.8) is 0 Å². The molecular formula is C27H30N2O3S. The zero-order chi connectivity index (χ0) is 23.1. The van der Waals surface area contributed by atoms with Crippen LogP contribution in [-0.4, -0.2) is 38.4 Å². The summed E-state index contributed by atoms with van der Waals surface area (Å²) in [5.41, 5.74) is 2.37. The van der Waals surface area contributed by atoms with Gasteiger partial charge in [0.25, 0.3) is 5.91 Å². The van der Waals surface area contributed by atoms with Gasteiger partial charge in [0.05, 0.1) is 10.6 Å². The lowest BCUT2D eigenvalue weighted by atomic mass is 10.0. The molecule has 0 aromatic heterocycles. The molecule has 4 rings (SSSR count). The largest absolute Gasteiger partial charge is 0.350 e. The molecule has 0 spiro atoms. The molecule has 1 amide bonds. The molecule has 1 saturated heterocycles. The van der Waals surface area contributed by atoms with Crippen LogP contribution < -0.4 is 5.32 Å². The van der Waals surface area contributed by atoms with E-state index in [1.165, 1.54) is 18.1 Å². The van der Waals surface area contributed by atoms with Gasteiger partial charge in [-0.15, -0.1) is 0 Å². The monoisotopic (exact) mass is 462 g/mol. The number of carbonyl (C=O) groups excluding carboxylic acids is 1. The molecule has 0 saturated carbocycles. The first-order chi connectivity index (χ1) is 16.0. The minimum Gasteiger partial charge on any atom is -0.350 e. The summed E-state index contributed by atoms with van der Waals surface area (Å²) < 4.78 is 25.7. The second kappa shape index (κ2) is 10.8. The van der Waals surface area contributed by atoms with E-state index in [1.807, 2.05) is 24.3 Å². The molecule has 5 nitrogen and oxygen atoms in total. The fourth-order valence-electron chi connectivity index (χ4n) is 4.34. The second-order valence-electron chi connectivity index (χ2n) is 8.59. The maximum absolute atomic E-state index is 12.9. The summed E-state index contributed by atoms with van der Waals surface area (Å²) in [5, 5.41) is 3.04. The van der Waals surface area contributed by atoms with Crippen molar-refractivity contribution in [3.8, 4) is 0 Å². The molecule has 33 heavy (non-hydrogen) atoms. The second-order valence-corrected chi connectivity index (χ2v) is 10.6. The lowest BCUT2D eigenvalue weighted by molar-refractivity contribution is 0.0907. The Morgan fingerprint density at radius 2 is 1.58 bits per heavy atom. The Kier molecular flexibility index (Phi) is 7.57. The summed E-state index contributed by atoms with van der Waals surface area (Å²) in [6.45, 7) is 2.43. The van der Waals surface area contributed by atoms with Gasteiger partial charge in [-0.2, -0.15) is 0 Å². The summed E-state index contributed by atoms with van der Waals surface area (Å²) >= 11 is 0. The van der Waals surface area contributed by atoms with Crippen LogP contribution in [0.15, 0.2) is 89.8 Å². The average Bonchev–Trinajstić information content (AvgIpc) is 2.84. The smallest absolute Gasteiger partial charge is 0.251 e. The fourth-order valence-corrected chi connectivity index (χ4v) is 5.73. The summed E-state index contributed by atoms with van der Waals surface area (Å²) in [7, 11) is -3.54. The first-order valence-corrected chi connectivity index (χ1v) is 13.1. The van der Waals surface area contributed by atoms with Gasteiger partial charge in [-0.1, -0.05) is 73.2 Å². The van der Waals surface area contributed by atoms with Crippen LogP contribution in [0.4, 0.5) is 0 Å². The number of piperidine rings is 1. The van der Waals surface area contributed by atoms with E-state index in [-0.39, 0.29) is 22.6 Å². The van der Waals surface area contributed by atoms with Crippen molar-refractivity contribution < 1.29 is 13.2 Å². The number of rotatable bonds is 8. The third-order valence-electron chi connectivity index (χ3n) is 6.13. The van der Waals surface area contributed by atoms with Gasteiger partial charge in [0.2, 0.25) is 0 Å². The lowest BCUT2D eigenvalue weighted by Crippen LogP contribution is -2.46. The van der Waals surface area contributed by atoms with Crippen LogP contribution in [0.2, 0.25) is 0 Å². The molecule has 1 unspecified atom stereocenters. The molecule has 1 N–H and O–H groups in total. The lowest BCUT2D eigenvalue weighted by Gasteiger charge is -2.36. The number of hydrogen-bond acceptors (Lipinski definition) is 4. The Bertz CT molecular complexity index is 1160. The van der Waals surface area contributed by atoms with Gasteiger partial charge in [-0.3, -0.25) is 9.69 Å². The van der Waals surface area contributed by atoms with E-state index < -0.39 is 9.84 Å². The van der Waals surface area contributed by atoms with Crippen molar-refractivity contribution in [1.29, 1.82) is 0 Å². The van der Waals surface area contributed by atoms with Crippen molar-refractivity contribution >= 4 is 15.7 Å². The highest BCUT2D eigenvalue weighted by molar-refractivity contribution is 7.90. The fraction of sp³-hybridized carbons (Fsp3) is 0.296. The van der Waals surface area contributed by atoms with Crippen molar-refractivity contribution in [2.75, 3.05) is 13.1 Å². The van der Waals surface area contributed by atoms with Crippen molar-refractivity contribution in [2.45, 2.75) is 42.5 Å². The number of nitrogens with one attached hydrogen (secondary N) is 1. The highest BCUT2D eigenvalue weighted by Crippen LogP contribution is 2.20. The predicted molar refractivity (Wildman–Crippen MR) is 131 cm³/mol. The Morgan fingerprint density at radius 3 is 2.30 bits per heavy atom. The van der Waals surface area contributed by atoms with Crippen LogP contribution in [0.25, 0.3) is 0 Å². The molecule has 172 valence electrons. The number of hydrogen-bond donors (Lipinski definition) is 1. The molecule has 3 aromatic rings. The molecule has 6 heteroatoms. The number of nitrogens with zero attached hydrogens (tertiary/aromatic N) is 1. The molecule has 1 heterocycles. The van der Waals surface area contributed by atoms with Crippen LogP contribution >= 0.6 is 0 Å².